The van der Waals surface area contributed by atoms with Crippen molar-refractivity contribution in [1.29, 1.82) is 0 Å². The number of imidazole rings is 1. The number of H-pyrrole nitrogens is 1. The van der Waals surface area contributed by atoms with Crippen LogP contribution in [0.15, 0.2) is 18.2 Å². The molecule has 0 aliphatic rings. The molecule has 0 aliphatic heterocycles. The van der Waals surface area contributed by atoms with E-state index >= 15 is 0 Å². The minimum absolute atomic E-state index is 0.418. The molecule has 2 nitrogen and oxygen atoms in total. The third-order valence-electron chi connectivity index (χ3n) is 3.05. The monoisotopic (exact) mass is 346 g/mol. The van der Waals surface area contributed by atoms with E-state index in [2.05, 4.69) is 71.1 Å². The zero-order valence-electron chi connectivity index (χ0n) is 9.62. The lowest BCUT2D eigenvalue weighted by molar-refractivity contribution is 0.413. The molecule has 0 saturated carbocycles. The van der Waals surface area contributed by atoms with Crippen molar-refractivity contribution in [1.82, 2.24) is 9.55 Å². The topological polar surface area (TPSA) is 20.7 Å². The Balaban J connectivity index is 2.70. The first-order chi connectivity index (χ1) is 7.50. The van der Waals surface area contributed by atoms with Gasteiger partial charge in [0.05, 0.1) is 11.0 Å². The first kappa shape index (κ1) is 12.1. The van der Waals surface area contributed by atoms with Crippen molar-refractivity contribution < 1.29 is 0 Å². The Labute approximate surface area is 114 Å². The van der Waals surface area contributed by atoms with Crippen molar-refractivity contribution in [3.63, 3.8) is 0 Å². The molecule has 0 amide bonds. The molecule has 0 bridgehead atoms. The maximum atomic E-state index is 5.40. The number of rotatable bonds is 2. The molecule has 1 unspecified atom stereocenters. The van der Waals surface area contributed by atoms with Gasteiger partial charge in [-0.1, -0.05) is 13.8 Å². The summed E-state index contributed by atoms with van der Waals surface area (Å²) in [5, 5.41) is 0. The summed E-state index contributed by atoms with van der Waals surface area (Å²) in [5.41, 5.74) is 2.33. The fourth-order valence-electron chi connectivity index (χ4n) is 1.81. The molecular formula is C12H15IN2S. The lowest BCUT2D eigenvalue weighted by Crippen LogP contribution is -2.11. The van der Waals surface area contributed by atoms with Gasteiger partial charge in [0.25, 0.3) is 0 Å². The Morgan fingerprint density at radius 1 is 1.31 bits per heavy atom. The zero-order chi connectivity index (χ0) is 11.9. The summed E-state index contributed by atoms with van der Waals surface area (Å²) in [6.07, 6.45) is 0. The molecule has 1 atom stereocenters. The SMILES string of the molecule is CC(C)C(C)n1c(=S)[nH]c2cc(I)ccc21. The van der Waals surface area contributed by atoms with Crippen molar-refractivity contribution in [3.05, 3.63) is 26.5 Å². The summed E-state index contributed by atoms with van der Waals surface area (Å²) in [5.74, 6) is 0.574. The Kier molecular flexibility index (Phi) is 3.39. The Morgan fingerprint density at radius 3 is 2.62 bits per heavy atom. The van der Waals surface area contributed by atoms with Crippen LogP contribution in [-0.2, 0) is 0 Å². The highest BCUT2D eigenvalue weighted by Crippen LogP contribution is 2.25. The molecule has 0 aliphatic carbocycles. The summed E-state index contributed by atoms with van der Waals surface area (Å²) in [6.45, 7) is 6.65. The second-order valence-corrected chi connectivity index (χ2v) is 6.08. The number of nitrogens with one attached hydrogen (secondary N) is 1. The van der Waals surface area contributed by atoms with E-state index in [-0.39, 0.29) is 0 Å². The number of aromatic nitrogens is 2. The van der Waals surface area contributed by atoms with Crippen LogP contribution in [-0.4, -0.2) is 9.55 Å². The molecule has 1 aromatic heterocycles. The maximum Gasteiger partial charge on any atom is 0.178 e. The smallest absolute Gasteiger partial charge is 0.178 e. The van der Waals surface area contributed by atoms with E-state index in [0.29, 0.717) is 12.0 Å². The van der Waals surface area contributed by atoms with Gasteiger partial charge in [0.1, 0.15) is 0 Å². The first-order valence-corrected chi connectivity index (χ1v) is 6.89. The zero-order valence-corrected chi connectivity index (χ0v) is 12.6. The minimum Gasteiger partial charge on any atom is -0.331 e. The van der Waals surface area contributed by atoms with Crippen LogP contribution in [0.1, 0.15) is 26.8 Å². The predicted octanol–water partition coefficient (Wildman–Crippen LogP) is 4.52. The molecule has 1 heterocycles. The van der Waals surface area contributed by atoms with Crippen molar-refractivity contribution in [2.45, 2.75) is 26.8 Å². The molecule has 86 valence electrons. The summed E-state index contributed by atoms with van der Waals surface area (Å²) in [4.78, 5) is 3.28. The Hall–Kier alpha value is -0.360. The highest BCUT2D eigenvalue weighted by molar-refractivity contribution is 14.1. The third kappa shape index (κ3) is 2.05. The lowest BCUT2D eigenvalue weighted by atomic mass is 10.1. The van der Waals surface area contributed by atoms with Gasteiger partial charge in [0.2, 0.25) is 0 Å². The summed E-state index contributed by atoms with van der Waals surface area (Å²) in [7, 11) is 0. The normalized spacial score (nSPS) is 13.6. The number of fused-ring (bicyclic) bond motifs is 1. The van der Waals surface area contributed by atoms with E-state index in [1.54, 1.807) is 0 Å². The van der Waals surface area contributed by atoms with Crippen molar-refractivity contribution >= 4 is 45.8 Å². The lowest BCUT2D eigenvalue weighted by Gasteiger charge is -2.18. The van der Waals surface area contributed by atoms with E-state index in [0.717, 1.165) is 10.3 Å². The van der Waals surface area contributed by atoms with Crippen molar-refractivity contribution in [3.8, 4) is 0 Å². The molecule has 0 spiro atoms. The second-order valence-electron chi connectivity index (χ2n) is 4.45. The van der Waals surface area contributed by atoms with Gasteiger partial charge in [0, 0.05) is 9.61 Å². The number of nitrogens with zero attached hydrogens (tertiary/aromatic N) is 1. The van der Waals surface area contributed by atoms with Crippen LogP contribution < -0.4 is 0 Å². The number of halogens is 1. The number of hydrogen-bond acceptors (Lipinski definition) is 1. The Morgan fingerprint density at radius 2 is 2.00 bits per heavy atom. The standard InChI is InChI=1S/C12H15IN2S/c1-7(2)8(3)15-11-5-4-9(13)6-10(11)14-12(15)16/h4-8H,1-3H3,(H,14,16). The molecule has 1 N–H and O–H groups in total. The average Bonchev–Trinajstić information content (AvgIpc) is 2.51. The molecular weight excluding hydrogens is 331 g/mol. The van der Waals surface area contributed by atoms with Crippen LogP contribution in [0.25, 0.3) is 11.0 Å². The van der Waals surface area contributed by atoms with E-state index in [9.17, 15) is 0 Å². The van der Waals surface area contributed by atoms with Gasteiger partial charge in [0.15, 0.2) is 4.77 Å². The largest absolute Gasteiger partial charge is 0.331 e. The summed E-state index contributed by atoms with van der Waals surface area (Å²) in [6, 6.07) is 6.81. The number of hydrogen-bond donors (Lipinski definition) is 1. The van der Waals surface area contributed by atoms with Crippen LogP contribution in [0.2, 0.25) is 0 Å². The summed E-state index contributed by atoms with van der Waals surface area (Å²) >= 11 is 7.71. The average molecular weight is 346 g/mol. The van der Waals surface area contributed by atoms with Gasteiger partial charge in [-0.25, -0.2) is 0 Å². The fourth-order valence-corrected chi connectivity index (χ4v) is 2.67. The molecule has 4 heteroatoms. The van der Waals surface area contributed by atoms with Gasteiger partial charge < -0.3 is 9.55 Å². The van der Waals surface area contributed by atoms with Crippen LogP contribution >= 0.6 is 34.8 Å². The van der Waals surface area contributed by atoms with Crippen molar-refractivity contribution in [2.24, 2.45) is 5.92 Å². The highest BCUT2D eigenvalue weighted by Gasteiger charge is 2.14. The van der Waals surface area contributed by atoms with Crippen LogP contribution in [0.4, 0.5) is 0 Å². The van der Waals surface area contributed by atoms with Gasteiger partial charge in [-0.15, -0.1) is 0 Å². The molecule has 16 heavy (non-hydrogen) atoms. The molecule has 1 aromatic carbocycles. The van der Waals surface area contributed by atoms with Crippen molar-refractivity contribution in [2.75, 3.05) is 0 Å². The molecule has 0 saturated heterocycles. The predicted molar refractivity (Wildman–Crippen MR) is 79.4 cm³/mol. The Bertz CT molecular complexity index is 568. The second kappa shape index (κ2) is 4.49. The molecule has 2 aromatic rings. The van der Waals surface area contributed by atoms with Gasteiger partial charge in [-0.3, -0.25) is 0 Å². The van der Waals surface area contributed by atoms with Gasteiger partial charge >= 0.3 is 0 Å². The molecule has 0 radical (unpaired) electrons. The van der Waals surface area contributed by atoms with Gasteiger partial charge in [-0.05, 0) is 65.8 Å². The maximum absolute atomic E-state index is 5.40. The third-order valence-corrected chi connectivity index (χ3v) is 4.02. The van der Waals surface area contributed by atoms with Crippen LogP contribution in [0.3, 0.4) is 0 Å². The highest BCUT2D eigenvalue weighted by atomic mass is 127. The van der Waals surface area contributed by atoms with Crippen LogP contribution in [0, 0.1) is 14.3 Å². The summed E-state index contributed by atoms with van der Waals surface area (Å²) < 4.78 is 4.26. The molecule has 2 rings (SSSR count). The minimum atomic E-state index is 0.418. The van der Waals surface area contributed by atoms with E-state index < -0.39 is 0 Å². The van der Waals surface area contributed by atoms with E-state index in [4.69, 9.17) is 12.2 Å². The first-order valence-electron chi connectivity index (χ1n) is 5.40. The van der Waals surface area contributed by atoms with E-state index in [1.807, 2.05) is 0 Å². The fraction of sp³-hybridized carbons (Fsp3) is 0.417. The van der Waals surface area contributed by atoms with E-state index in [1.165, 1.54) is 9.09 Å². The number of benzene rings is 1. The quantitative estimate of drug-likeness (QED) is 0.626. The molecule has 0 fully saturated rings. The number of aromatic amines is 1. The van der Waals surface area contributed by atoms with Gasteiger partial charge in [-0.2, -0.15) is 0 Å². The van der Waals surface area contributed by atoms with Crippen LogP contribution in [0.5, 0.6) is 0 Å².